The van der Waals surface area contributed by atoms with Crippen molar-refractivity contribution in [2.75, 3.05) is 27.2 Å². The molecule has 18 heavy (non-hydrogen) atoms. The smallest absolute Gasteiger partial charge is 0.269 e. The molecule has 0 bridgehead atoms. The number of nitrogens with one attached hydrogen (secondary N) is 1. The SMILES string of the molecule is CN(C)CC(C)(C)CNC(=O)c1cc(Cl)ccn1. The Labute approximate surface area is 113 Å². The molecule has 1 amide bonds. The Hall–Kier alpha value is -1.13. The number of hydrogen-bond donors (Lipinski definition) is 1. The van der Waals surface area contributed by atoms with E-state index < -0.39 is 0 Å². The molecule has 0 aliphatic heterocycles. The van der Waals surface area contributed by atoms with Crippen LogP contribution in [-0.4, -0.2) is 43.0 Å². The minimum atomic E-state index is -0.190. The maximum Gasteiger partial charge on any atom is 0.269 e. The quantitative estimate of drug-likeness (QED) is 0.890. The van der Waals surface area contributed by atoms with Gasteiger partial charge in [-0.05, 0) is 31.6 Å². The number of pyridine rings is 1. The first-order valence-corrected chi connectivity index (χ1v) is 6.22. The van der Waals surface area contributed by atoms with Gasteiger partial charge in [0.15, 0.2) is 0 Å². The van der Waals surface area contributed by atoms with E-state index in [1.54, 1.807) is 12.1 Å². The van der Waals surface area contributed by atoms with E-state index in [0.29, 0.717) is 17.3 Å². The number of aromatic nitrogens is 1. The third-order valence-electron chi connectivity index (χ3n) is 2.43. The van der Waals surface area contributed by atoms with Crippen LogP contribution < -0.4 is 5.32 Å². The van der Waals surface area contributed by atoms with Gasteiger partial charge < -0.3 is 10.2 Å². The minimum Gasteiger partial charge on any atom is -0.350 e. The zero-order valence-corrected chi connectivity index (χ0v) is 12.1. The molecule has 0 spiro atoms. The van der Waals surface area contributed by atoms with E-state index in [-0.39, 0.29) is 11.3 Å². The maximum absolute atomic E-state index is 11.9. The summed E-state index contributed by atoms with van der Waals surface area (Å²) in [6, 6.07) is 3.21. The van der Waals surface area contributed by atoms with Crippen molar-refractivity contribution in [1.82, 2.24) is 15.2 Å². The third kappa shape index (κ3) is 5.02. The molecule has 1 N–H and O–H groups in total. The van der Waals surface area contributed by atoms with Crippen LogP contribution in [0, 0.1) is 5.41 Å². The lowest BCUT2D eigenvalue weighted by atomic mass is 9.93. The first-order valence-electron chi connectivity index (χ1n) is 5.85. The Morgan fingerprint density at radius 1 is 1.50 bits per heavy atom. The summed E-state index contributed by atoms with van der Waals surface area (Å²) in [4.78, 5) is 18.0. The molecule has 1 aromatic rings. The summed E-state index contributed by atoms with van der Waals surface area (Å²) in [7, 11) is 4.03. The molecule has 0 aliphatic carbocycles. The van der Waals surface area contributed by atoms with Crippen LogP contribution >= 0.6 is 11.6 Å². The molecule has 0 aliphatic rings. The number of nitrogens with zero attached hydrogens (tertiary/aromatic N) is 2. The summed E-state index contributed by atoms with van der Waals surface area (Å²) in [5.41, 5.74) is 0.362. The highest BCUT2D eigenvalue weighted by Crippen LogP contribution is 2.14. The van der Waals surface area contributed by atoms with Gasteiger partial charge in [-0.3, -0.25) is 9.78 Å². The van der Waals surface area contributed by atoms with Crippen LogP contribution in [-0.2, 0) is 0 Å². The van der Waals surface area contributed by atoms with Gasteiger partial charge in [-0.1, -0.05) is 25.4 Å². The van der Waals surface area contributed by atoms with E-state index in [4.69, 9.17) is 11.6 Å². The van der Waals surface area contributed by atoms with E-state index in [2.05, 4.69) is 29.0 Å². The van der Waals surface area contributed by atoms with Crippen LogP contribution in [0.15, 0.2) is 18.3 Å². The summed E-state index contributed by atoms with van der Waals surface area (Å²) in [5, 5.41) is 3.40. The molecule has 1 rings (SSSR count). The van der Waals surface area contributed by atoms with E-state index in [1.165, 1.54) is 6.20 Å². The van der Waals surface area contributed by atoms with Crippen LogP contribution in [0.3, 0.4) is 0 Å². The van der Waals surface area contributed by atoms with Crippen molar-refractivity contribution in [2.45, 2.75) is 13.8 Å². The molecule has 5 heteroatoms. The maximum atomic E-state index is 11.9. The normalized spacial score (nSPS) is 11.7. The van der Waals surface area contributed by atoms with Gasteiger partial charge in [0.2, 0.25) is 0 Å². The van der Waals surface area contributed by atoms with Crippen LogP contribution in [0.4, 0.5) is 0 Å². The fourth-order valence-corrected chi connectivity index (χ4v) is 2.01. The van der Waals surface area contributed by atoms with Crippen LogP contribution in [0.25, 0.3) is 0 Å². The van der Waals surface area contributed by atoms with Gasteiger partial charge in [-0.25, -0.2) is 0 Å². The lowest BCUT2D eigenvalue weighted by Crippen LogP contribution is -2.40. The van der Waals surface area contributed by atoms with Crippen molar-refractivity contribution in [2.24, 2.45) is 5.41 Å². The molecule has 1 aromatic heterocycles. The van der Waals surface area contributed by atoms with Gasteiger partial charge in [-0.15, -0.1) is 0 Å². The first-order chi connectivity index (χ1) is 8.30. The van der Waals surface area contributed by atoms with Gasteiger partial charge in [0.1, 0.15) is 5.69 Å². The fourth-order valence-electron chi connectivity index (χ4n) is 1.85. The lowest BCUT2D eigenvalue weighted by Gasteiger charge is -2.28. The van der Waals surface area contributed by atoms with Crippen molar-refractivity contribution in [3.8, 4) is 0 Å². The monoisotopic (exact) mass is 269 g/mol. The summed E-state index contributed by atoms with van der Waals surface area (Å²) in [5.74, 6) is -0.190. The largest absolute Gasteiger partial charge is 0.350 e. The Morgan fingerprint density at radius 3 is 2.72 bits per heavy atom. The molecular formula is C13H20ClN3O. The second-order valence-electron chi connectivity index (χ2n) is 5.44. The van der Waals surface area contributed by atoms with Gasteiger partial charge in [0, 0.05) is 24.3 Å². The molecule has 0 unspecified atom stereocenters. The standard InChI is InChI=1S/C13H20ClN3O/c1-13(2,9-17(3)4)8-16-12(18)11-7-10(14)5-6-15-11/h5-7H,8-9H2,1-4H3,(H,16,18). The topological polar surface area (TPSA) is 45.2 Å². The molecule has 0 fully saturated rings. The van der Waals surface area contributed by atoms with Crippen molar-refractivity contribution >= 4 is 17.5 Å². The molecule has 0 aromatic carbocycles. The van der Waals surface area contributed by atoms with Gasteiger partial charge in [0.25, 0.3) is 5.91 Å². The molecular weight excluding hydrogens is 250 g/mol. The zero-order valence-electron chi connectivity index (χ0n) is 11.3. The van der Waals surface area contributed by atoms with E-state index in [1.807, 2.05) is 14.1 Å². The number of carbonyl (C=O) groups excluding carboxylic acids is 1. The highest BCUT2D eigenvalue weighted by molar-refractivity contribution is 6.30. The lowest BCUT2D eigenvalue weighted by molar-refractivity contribution is 0.0924. The Kier molecular flexibility index (Phi) is 5.11. The van der Waals surface area contributed by atoms with E-state index in [9.17, 15) is 4.79 Å². The number of hydrogen-bond acceptors (Lipinski definition) is 3. The third-order valence-corrected chi connectivity index (χ3v) is 2.66. The second kappa shape index (κ2) is 6.16. The minimum absolute atomic E-state index is 0.0116. The Morgan fingerprint density at radius 2 is 2.17 bits per heavy atom. The molecule has 0 radical (unpaired) electrons. The molecule has 100 valence electrons. The first kappa shape index (κ1) is 14.9. The van der Waals surface area contributed by atoms with Crippen LogP contribution in [0.2, 0.25) is 5.02 Å². The Balaban J connectivity index is 2.56. The number of rotatable bonds is 5. The van der Waals surface area contributed by atoms with Crippen LogP contribution in [0.1, 0.15) is 24.3 Å². The highest BCUT2D eigenvalue weighted by Gasteiger charge is 2.20. The number of carbonyl (C=O) groups is 1. The summed E-state index contributed by atoms with van der Waals surface area (Å²) < 4.78 is 0. The van der Waals surface area contributed by atoms with Crippen molar-refractivity contribution in [3.63, 3.8) is 0 Å². The summed E-state index contributed by atoms with van der Waals surface area (Å²) >= 11 is 5.82. The predicted molar refractivity (Wildman–Crippen MR) is 73.9 cm³/mol. The number of halogens is 1. The average Bonchev–Trinajstić information content (AvgIpc) is 2.24. The van der Waals surface area contributed by atoms with Crippen LogP contribution in [0.5, 0.6) is 0 Å². The fraction of sp³-hybridized carbons (Fsp3) is 0.538. The molecule has 1 heterocycles. The van der Waals surface area contributed by atoms with E-state index in [0.717, 1.165) is 6.54 Å². The molecule has 0 saturated carbocycles. The van der Waals surface area contributed by atoms with Gasteiger partial charge in [0.05, 0.1) is 0 Å². The van der Waals surface area contributed by atoms with Crippen molar-refractivity contribution in [1.29, 1.82) is 0 Å². The van der Waals surface area contributed by atoms with Gasteiger partial charge >= 0.3 is 0 Å². The Bertz CT molecular complexity index is 418. The summed E-state index contributed by atoms with van der Waals surface area (Å²) in [6.07, 6.45) is 1.53. The zero-order chi connectivity index (χ0) is 13.8. The van der Waals surface area contributed by atoms with Crippen molar-refractivity contribution in [3.05, 3.63) is 29.0 Å². The number of amides is 1. The van der Waals surface area contributed by atoms with Crippen molar-refractivity contribution < 1.29 is 4.79 Å². The highest BCUT2D eigenvalue weighted by atomic mass is 35.5. The molecule has 0 atom stereocenters. The predicted octanol–water partition coefficient (Wildman–Crippen LogP) is 2.05. The average molecular weight is 270 g/mol. The van der Waals surface area contributed by atoms with Gasteiger partial charge in [-0.2, -0.15) is 0 Å². The summed E-state index contributed by atoms with van der Waals surface area (Å²) in [6.45, 7) is 5.71. The second-order valence-corrected chi connectivity index (χ2v) is 5.88. The van der Waals surface area contributed by atoms with E-state index >= 15 is 0 Å². The molecule has 4 nitrogen and oxygen atoms in total. The molecule has 0 saturated heterocycles.